The van der Waals surface area contributed by atoms with Gasteiger partial charge in [0.2, 0.25) is 0 Å². The van der Waals surface area contributed by atoms with Crippen LogP contribution in [0.1, 0.15) is 301 Å². The maximum Gasteiger partial charge on any atom is -0.0298 e. The molecular formula is C54H110. The highest BCUT2D eigenvalue weighted by molar-refractivity contribution is 4.86. The first-order chi connectivity index (χ1) is 26.1. The van der Waals surface area contributed by atoms with Gasteiger partial charge in [0.1, 0.15) is 0 Å². The summed E-state index contributed by atoms with van der Waals surface area (Å²) >= 11 is 0. The van der Waals surface area contributed by atoms with Crippen molar-refractivity contribution in [2.75, 3.05) is 0 Å². The molecule has 0 saturated heterocycles. The standard InChI is InChI=1S/C54H110/c1-12-17-19-20-21-22-23-24-25-26-27-28-29-30-31-34-37-40-48(8)49(9)46-54(11,16-5)50(10)53(15-4)43-39-36-33-32-35-38-42-51(41-18-13-2)44-45-52(14-3)47(6)7/h47-53H,12-46H2,1-11H3. The zero-order chi connectivity index (χ0) is 40.3. The van der Waals surface area contributed by atoms with Crippen LogP contribution in [-0.2, 0) is 0 Å². The highest BCUT2D eigenvalue weighted by Gasteiger charge is 2.35. The van der Waals surface area contributed by atoms with E-state index in [4.69, 9.17) is 0 Å². The zero-order valence-corrected chi connectivity index (χ0v) is 40.3. The Morgan fingerprint density at radius 1 is 0.352 bits per heavy atom. The molecule has 0 aliphatic rings. The second kappa shape index (κ2) is 37.3. The van der Waals surface area contributed by atoms with Crippen LogP contribution < -0.4 is 0 Å². The molecule has 7 atom stereocenters. The zero-order valence-electron chi connectivity index (χ0n) is 40.3. The van der Waals surface area contributed by atoms with Gasteiger partial charge in [-0.25, -0.2) is 0 Å². The van der Waals surface area contributed by atoms with Gasteiger partial charge >= 0.3 is 0 Å². The topological polar surface area (TPSA) is 0 Å². The fraction of sp³-hybridized carbons (Fsp3) is 1.00. The quantitative estimate of drug-likeness (QED) is 0.0544. The Morgan fingerprint density at radius 3 is 1.15 bits per heavy atom. The molecule has 0 saturated carbocycles. The largest absolute Gasteiger partial charge is 0.0654 e. The Labute approximate surface area is 346 Å². The highest BCUT2D eigenvalue weighted by atomic mass is 14.4. The molecule has 326 valence electrons. The molecule has 0 aliphatic carbocycles. The third kappa shape index (κ3) is 28.4. The van der Waals surface area contributed by atoms with E-state index < -0.39 is 0 Å². The minimum absolute atomic E-state index is 0.489. The normalized spacial score (nSPS) is 16.7. The van der Waals surface area contributed by atoms with Gasteiger partial charge < -0.3 is 0 Å². The molecule has 0 rings (SSSR count). The lowest BCUT2D eigenvalue weighted by atomic mass is 9.63. The first kappa shape index (κ1) is 54.0. The van der Waals surface area contributed by atoms with Crippen LogP contribution in [0, 0.1) is 46.8 Å². The summed E-state index contributed by atoms with van der Waals surface area (Å²) in [6.45, 7) is 27.4. The van der Waals surface area contributed by atoms with E-state index in [2.05, 4.69) is 76.2 Å². The van der Waals surface area contributed by atoms with Crippen molar-refractivity contribution in [1.29, 1.82) is 0 Å². The van der Waals surface area contributed by atoms with Crippen molar-refractivity contribution in [2.24, 2.45) is 46.8 Å². The van der Waals surface area contributed by atoms with Gasteiger partial charge in [-0.3, -0.25) is 0 Å². The Bertz CT molecular complexity index is 736. The third-order valence-corrected chi connectivity index (χ3v) is 15.5. The fourth-order valence-electron chi connectivity index (χ4n) is 10.4. The van der Waals surface area contributed by atoms with E-state index in [0.717, 1.165) is 41.4 Å². The van der Waals surface area contributed by atoms with Crippen molar-refractivity contribution in [3.63, 3.8) is 0 Å². The van der Waals surface area contributed by atoms with E-state index in [1.54, 1.807) is 0 Å². The number of unbranched alkanes of at least 4 members (excludes halogenated alkanes) is 22. The molecule has 0 heterocycles. The molecule has 7 unspecified atom stereocenters. The first-order valence-electron chi connectivity index (χ1n) is 26.1. The maximum atomic E-state index is 2.66. The van der Waals surface area contributed by atoms with E-state index >= 15 is 0 Å². The van der Waals surface area contributed by atoms with Crippen LogP contribution in [0.4, 0.5) is 0 Å². The van der Waals surface area contributed by atoms with Gasteiger partial charge in [0.15, 0.2) is 0 Å². The monoisotopic (exact) mass is 759 g/mol. The summed E-state index contributed by atoms with van der Waals surface area (Å²) in [7, 11) is 0. The van der Waals surface area contributed by atoms with Crippen molar-refractivity contribution in [1.82, 2.24) is 0 Å². The van der Waals surface area contributed by atoms with Gasteiger partial charge in [-0.05, 0) is 59.7 Å². The molecule has 0 spiro atoms. The molecule has 0 aromatic carbocycles. The predicted octanol–water partition coefficient (Wildman–Crippen LogP) is 20.2. The van der Waals surface area contributed by atoms with Gasteiger partial charge in [0, 0.05) is 0 Å². The number of rotatable bonds is 42. The summed E-state index contributed by atoms with van der Waals surface area (Å²) in [5.74, 6) is 6.25. The van der Waals surface area contributed by atoms with Crippen LogP contribution in [0.15, 0.2) is 0 Å². The lowest BCUT2D eigenvalue weighted by Gasteiger charge is -2.42. The molecule has 0 amide bonds. The van der Waals surface area contributed by atoms with Gasteiger partial charge in [-0.1, -0.05) is 288 Å². The third-order valence-electron chi connectivity index (χ3n) is 15.5. The smallest absolute Gasteiger partial charge is 0.0298 e. The van der Waals surface area contributed by atoms with E-state index in [0.29, 0.717) is 5.41 Å². The molecular weight excluding hydrogens is 649 g/mol. The average molecular weight is 759 g/mol. The summed E-state index contributed by atoms with van der Waals surface area (Å²) in [5.41, 5.74) is 0.489. The number of hydrogen-bond donors (Lipinski definition) is 0. The summed E-state index contributed by atoms with van der Waals surface area (Å²) in [6.07, 6.45) is 50.9. The minimum atomic E-state index is 0.489. The van der Waals surface area contributed by atoms with Crippen LogP contribution in [0.3, 0.4) is 0 Å². The van der Waals surface area contributed by atoms with Crippen LogP contribution >= 0.6 is 0 Å². The molecule has 54 heavy (non-hydrogen) atoms. The van der Waals surface area contributed by atoms with Crippen molar-refractivity contribution in [2.45, 2.75) is 301 Å². The second-order valence-corrected chi connectivity index (χ2v) is 20.3. The molecule has 0 radical (unpaired) electrons. The molecule has 0 aromatic heterocycles. The molecule has 0 heteroatoms. The van der Waals surface area contributed by atoms with E-state index in [1.807, 2.05) is 0 Å². The summed E-state index contributed by atoms with van der Waals surface area (Å²) < 4.78 is 0. The Balaban J connectivity index is 4.20. The molecule has 0 aliphatic heterocycles. The van der Waals surface area contributed by atoms with E-state index in [1.165, 1.54) is 225 Å². The summed E-state index contributed by atoms with van der Waals surface area (Å²) in [5, 5.41) is 0. The fourth-order valence-corrected chi connectivity index (χ4v) is 10.4. The van der Waals surface area contributed by atoms with Crippen molar-refractivity contribution >= 4 is 0 Å². The van der Waals surface area contributed by atoms with Crippen molar-refractivity contribution in [3.05, 3.63) is 0 Å². The van der Waals surface area contributed by atoms with Crippen LogP contribution in [0.2, 0.25) is 0 Å². The Kier molecular flexibility index (Phi) is 37.3. The second-order valence-electron chi connectivity index (χ2n) is 20.3. The van der Waals surface area contributed by atoms with Gasteiger partial charge in [0.25, 0.3) is 0 Å². The average Bonchev–Trinajstić information content (AvgIpc) is 3.16. The van der Waals surface area contributed by atoms with Crippen LogP contribution in [0.5, 0.6) is 0 Å². The first-order valence-corrected chi connectivity index (χ1v) is 26.1. The summed E-state index contributed by atoms with van der Waals surface area (Å²) in [4.78, 5) is 0. The van der Waals surface area contributed by atoms with E-state index in [9.17, 15) is 0 Å². The van der Waals surface area contributed by atoms with Crippen LogP contribution in [0.25, 0.3) is 0 Å². The van der Waals surface area contributed by atoms with Gasteiger partial charge in [-0.2, -0.15) is 0 Å². The van der Waals surface area contributed by atoms with E-state index in [-0.39, 0.29) is 0 Å². The lowest BCUT2D eigenvalue weighted by Crippen LogP contribution is -2.33. The van der Waals surface area contributed by atoms with Crippen LogP contribution in [-0.4, -0.2) is 0 Å². The SMILES string of the molecule is CCCCCCCCCCCCCCCCCCCC(C)C(C)CC(C)(CC)C(C)C(CC)CCCCCCCCC(CCCC)CCC(CC)C(C)C. The molecule has 0 nitrogen and oxygen atoms in total. The molecule has 0 bridgehead atoms. The van der Waals surface area contributed by atoms with Crippen molar-refractivity contribution < 1.29 is 0 Å². The maximum absolute atomic E-state index is 2.66. The van der Waals surface area contributed by atoms with Crippen molar-refractivity contribution in [3.8, 4) is 0 Å². The Hall–Kier alpha value is 0. The molecule has 0 N–H and O–H groups in total. The predicted molar refractivity (Wildman–Crippen MR) is 251 cm³/mol. The van der Waals surface area contributed by atoms with Gasteiger partial charge in [-0.15, -0.1) is 0 Å². The lowest BCUT2D eigenvalue weighted by molar-refractivity contribution is 0.0762. The minimum Gasteiger partial charge on any atom is -0.0654 e. The van der Waals surface area contributed by atoms with Gasteiger partial charge in [0.05, 0.1) is 0 Å². The molecule has 0 aromatic rings. The number of hydrogen-bond acceptors (Lipinski definition) is 0. The highest BCUT2D eigenvalue weighted by Crippen LogP contribution is 2.45. The summed E-state index contributed by atoms with van der Waals surface area (Å²) in [6, 6.07) is 0. The Morgan fingerprint density at radius 2 is 0.741 bits per heavy atom. The molecule has 0 fully saturated rings.